The molecule has 0 amide bonds. The van der Waals surface area contributed by atoms with Gasteiger partial charge in [-0.25, -0.2) is 0 Å². The van der Waals surface area contributed by atoms with E-state index < -0.39 is 0 Å². The van der Waals surface area contributed by atoms with Crippen LogP contribution in [0, 0.1) is 5.92 Å². The van der Waals surface area contributed by atoms with Gasteiger partial charge in [0.25, 0.3) is 0 Å². The molecule has 0 aromatic rings. The average Bonchev–Trinajstić information content (AvgIpc) is 2.20. The largest absolute Gasteiger partial charge is 0.327 e. The van der Waals surface area contributed by atoms with Crippen molar-refractivity contribution >= 4 is 0 Å². The second-order valence-corrected chi connectivity index (χ2v) is 4.94. The third-order valence-corrected chi connectivity index (χ3v) is 3.07. The van der Waals surface area contributed by atoms with Gasteiger partial charge >= 0.3 is 0 Å². The fourth-order valence-electron chi connectivity index (χ4n) is 2.22. The third kappa shape index (κ3) is 4.78. The normalized spacial score (nSPS) is 19.7. The maximum absolute atomic E-state index is 5.55. The topological polar surface area (TPSA) is 32.5 Å². The van der Waals surface area contributed by atoms with Gasteiger partial charge in [-0.3, -0.25) is 4.90 Å². The van der Waals surface area contributed by atoms with Crippen LogP contribution in [0.3, 0.4) is 0 Å². The molecule has 0 aliphatic carbocycles. The van der Waals surface area contributed by atoms with Crippen LogP contribution in [0.4, 0.5) is 0 Å². The number of nitrogens with zero attached hydrogens (tertiary/aromatic N) is 2. The Hall–Kier alpha value is -0.380. The van der Waals surface area contributed by atoms with Gasteiger partial charge in [-0.15, -0.1) is 0 Å². The summed E-state index contributed by atoms with van der Waals surface area (Å²) in [6, 6.07) is 0. The highest BCUT2D eigenvalue weighted by Gasteiger charge is 2.19. The maximum Gasteiger partial charge on any atom is 0.0202 e. The van der Waals surface area contributed by atoms with Crippen molar-refractivity contribution in [2.24, 2.45) is 11.7 Å². The molecule has 0 unspecified atom stereocenters. The van der Waals surface area contributed by atoms with Gasteiger partial charge in [0.05, 0.1) is 0 Å². The summed E-state index contributed by atoms with van der Waals surface area (Å²) in [4.78, 5) is 4.76. The van der Waals surface area contributed by atoms with E-state index in [1.807, 2.05) is 0 Å². The molecular weight excluding hydrogens is 186 g/mol. The molecule has 0 radical (unpaired) electrons. The smallest absolute Gasteiger partial charge is 0.0202 e. The molecule has 88 valence electrons. The Balaban J connectivity index is 2.20. The van der Waals surface area contributed by atoms with Gasteiger partial charge in [-0.1, -0.05) is 6.58 Å². The van der Waals surface area contributed by atoms with Gasteiger partial charge in [-0.05, 0) is 51.5 Å². The zero-order chi connectivity index (χ0) is 11.3. The zero-order valence-corrected chi connectivity index (χ0v) is 10.2. The van der Waals surface area contributed by atoms with E-state index in [-0.39, 0.29) is 0 Å². The Morgan fingerprint density at radius 3 is 2.47 bits per heavy atom. The summed E-state index contributed by atoms with van der Waals surface area (Å²) in [6.45, 7) is 9.21. The Labute approximate surface area is 93.9 Å². The van der Waals surface area contributed by atoms with Crippen molar-refractivity contribution < 1.29 is 0 Å². The number of likely N-dealkylation sites (tertiary alicyclic amines) is 1. The number of hydrogen-bond acceptors (Lipinski definition) is 3. The van der Waals surface area contributed by atoms with Crippen LogP contribution in [0.1, 0.15) is 12.8 Å². The summed E-state index contributed by atoms with van der Waals surface area (Å²) in [5.41, 5.74) is 6.70. The lowest BCUT2D eigenvalue weighted by Gasteiger charge is -2.33. The van der Waals surface area contributed by atoms with Crippen LogP contribution in [0.5, 0.6) is 0 Å². The van der Waals surface area contributed by atoms with Crippen molar-refractivity contribution in [1.29, 1.82) is 0 Å². The molecule has 1 aliphatic heterocycles. The van der Waals surface area contributed by atoms with Crippen LogP contribution in [-0.4, -0.2) is 56.6 Å². The Morgan fingerprint density at radius 1 is 1.40 bits per heavy atom. The summed E-state index contributed by atoms with van der Waals surface area (Å²) in [6.07, 6.45) is 2.63. The highest BCUT2D eigenvalue weighted by molar-refractivity contribution is 4.99. The SMILES string of the molecule is C=C(CN)CN1CCC(CN(C)C)CC1. The van der Waals surface area contributed by atoms with Crippen LogP contribution in [0.25, 0.3) is 0 Å². The van der Waals surface area contributed by atoms with Gasteiger partial charge in [0.15, 0.2) is 0 Å². The van der Waals surface area contributed by atoms with Gasteiger partial charge in [-0.2, -0.15) is 0 Å². The molecule has 3 nitrogen and oxygen atoms in total. The van der Waals surface area contributed by atoms with Crippen molar-refractivity contribution in [2.75, 3.05) is 46.8 Å². The van der Waals surface area contributed by atoms with Crippen molar-refractivity contribution in [3.05, 3.63) is 12.2 Å². The fraction of sp³-hybridized carbons (Fsp3) is 0.833. The van der Waals surface area contributed by atoms with Crippen LogP contribution in [0.15, 0.2) is 12.2 Å². The van der Waals surface area contributed by atoms with Crippen molar-refractivity contribution in [2.45, 2.75) is 12.8 Å². The first-order valence-corrected chi connectivity index (χ1v) is 5.85. The van der Waals surface area contributed by atoms with Crippen molar-refractivity contribution in [3.63, 3.8) is 0 Å². The number of rotatable bonds is 5. The molecule has 0 aromatic heterocycles. The predicted molar refractivity (Wildman–Crippen MR) is 65.9 cm³/mol. The molecule has 0 aromatic carbocycles. The maximum atomic E-state index is 5.55. The van der Waals surface area contributed by atoms with Crippen molar-refractivity contribution in [3.8, 4) is 0 Å². The lowest BCUT2D eigenvalue weighted by atomic mass is 9.96. The number of hydrogen-bond donors (Lipinski definition) is 1. The molecular formula is C12H25N3. The Morgan fingerprint density at radius 2 is 2.00 bits per heavy atom. The first-order valence-electron chi connectivity index (χ1n) is 5.85. The van der Waals surface area contributed by atoms with E-state index in [4.69, 9.17) is 5.73 Å². The summed E-state index contributed by atoms with van der Waals surface area (Å²) in [5, 5.41) is 0. The molecule has 2 N–H and O–H groups in total. The Kier molecular flexibility index (Phi) is 5.29. The van der Waals surface area contributed by atoms with E-state index in [0.717, 1.165) is 18.0 Å². The molecule has 1 fully saturated rings. The molecule has 0 bridgehead atoms. The molecule has 1 aliphatic rings. The summed E-state index contributed by atoms with van der Waals surface area (Å²) in [5.74, 6) is 0.877. The van der Waals surface area contributed by atoms with E-state index in [2.05, 4.69) is 30.5 Å². The highest BCUT2D eigenvalue weighted by atomic mass is 15.1. The highest BCUT2D eigenvalue weighted by Crippen LogP contribution is 2.17. The molecule has 0 saturated carbocycles. The van der Waals surface area contributed by atoms with Crippen LogP contribution in [-0.2, 0) is 0 Å². The quantitative estimate of drug-likeness (QED) is 0.682. The van der Waals surface area contributed by atoms with Crippen molar-refractivity contribution in [1.82, 2.24) is 9.80 Å². The minimum atomic E-state index is 0.623. The van der Waals surface area contributed by atoms with Crippen LogP contribution >= 0.6 is 0 Å². The summed E-state index contributed by atoms with van der Waals surface area (Å²) >= 11 is 0. The standard InChI is InChI=1S/C12H25N3/c1-11(8-13)9-15-6-4-12(5-7-15)10-14(2)3/h12H,1,4-10,13H2,2-3H3. The second kappa shape index (κ2) is 6.26. The molecule has 1 saturated heterocycles. The minimum absolute atomic E-state index is 0.623. The molecule has 3 heteroatoms. The lowest BCUT2D eigenvalue weighted by Crippen LogP contribution is -2.38. The van der Waals surface area contributed by atoms with Gasteiger partial charge in [0, 0.05) is 19.6 Å². The first kappa shape index (κ1) is 12.7. The second-order valence-electron chi connectivity index (χ2n) is 4.94. The summed E-state index contributed by atoms with van der Waals surface area (Å²) < 4.78 is 0. The first-order chi connectivity index (χ1) is 7.11. The molecule has 1 heterocycles. The third-order valence-electron chi connectivity index (χ3n) is 3.07. The molecule has 1 rings (SSSR count). The van der Waals surface area contributed by atoms with Gasteiger partial charge in [0.1, 0.15) is 0 Å². The number of nitrogens with two attached hydrogens (primary N) is 1. The van der Waals surface area contributed by atoms with Crippen LogP contribution < -0.4 is 5.73 Å². The van der Waals surface area contributed by atoms with E-state index in [9.17, 15) is 0 Å². The zero-order valence-electron chi connectivity index (χ0n) is 10.2. The minimum Gasteiger partial charge on any atom is -0.327 e. The summed E-state index contributed by atoms with van der Waals surface area (Å²) in [7, 11) is 4.31. The molecule has 0 spiro atoms. The Bertz CT molecular complexity index is 193. The molecule has 15 heavy (non-hydrogen) atoms. The fourth-order valence-corrected chi connectivity index (χ4v) is 2.22. The van der Waals surface area contributed by atoms with Crippen LogP contribution in [0.2, 0.25) is 0 Å². The lowest BCUT2D eigenvalue weighted by molar-refractivity contribution is 0.172. The monoisotopic (exact) mass is 211 g/mol. The average molecular weight is 211 g/mol. The van der Waals surface area contributed by atoms with E-state index in [1.54, 1.807) is 0 Å². The van der Waals surface area contributed by atoms with Gasteiger partial charge in [0.2, 0.25) is 0 Å². The van der Waals surface area contributed by atoms with E-state index >= 15 is 0 Å². The number of piperidine rings is 1. The van der Waals surface area contributed by atoms with E-state index in [0.29, 0.717) is 6.54 Å². The van der Waals surface area contributed by atoms with E-state index in [1.165, 1.54) is 32.5 Å². The predicted octanol–water partition coefficient (Wildman–Crippen LogP) is 0.775. The van der Waals surface area contributed by atoms with Gasteiger partial charge < -0.3 is 10.6 Å². The molecule has 0 atom stereocenters.